The van der Waals surface area contributed by atoms with E-state index in [1.807, 2.05) is 0 Å². The van der Waals surface area contributed by atoms with Crippen LogP contribution in [0.15, 0.2) is 31.6 Å². The molecule has 2 saturated heterocycles. The van der Waals surface area contributed by atoms with Gasteiger partial charge in [-0.3, -0.25) is 37.7 Å². The van der Waals surface area contributed by atoms with Gasteiger partial charge < -0.3 is 24.6 Å². The van der Waals surface area contributed by atoms with Gasteiger partial charge in [-0.2, -0.15) is 8.78 Å². The molecule has 2 fully saturated rings. The Bertz CT molecular complexity index is 1440. The lowest BCUT2D eigenvalue weighted by Crippen LogP contribution is -2.34. The maximum Gasteiger partial charge on any atom is 0.472 e. The van der Waals surface area contributed by atoms with E-state index in [2.05, 4.69) is 0 Å². The Hall–Kier alpha value is -2.83. The fourth-order valence-corrected chi connectivity index (χ4v) is 4.86. The molecule has 204 valence electrons. The van der Waals surface area contributed by atoms with Crippen LogP contribution in [-0.2, 0) is 23.1 Å². The molecule has 16 nitrogen and oxygen atoms in total. The van der Waals surface area contributed by atoms with Gasteiger partial charge in [-0.05, 0) is 0 Å². The van der Waals surface area contributed by atoms with E-state index in [-0.39, 0.29) is 12.8 Å². The lowest BCUT2D eigenvalue weighted by atomic mass is 10.2. The van der Waals surface area contributed by atoms with E-state index in [0.717, 1.165) is 0 Å². The van der Waals surface area contributed by atoms with Crippen LogP contribution in [-0.4, -0.2) is 71.8 Å². The van der Waals surface area contributed by atoms with Crippen molar-refractivity contribution in [3.63, 3.8) is 0 Å². The zero-order chi connectivity index (χ0) is 27.1. The third-order valence-electron chi connectivity index (χ3n) is 5.70. The van der Waals surface area contributed by atoms with Crippen LogP contribution in [0.2, 0.25) is 0 Å². The number of aliphatic hydroxyl groups excluding tert-OH is 2. The van der Waals surface area contributed by atoms with Gasteiger partial charge in [-0.25, -0.2) is 14.2 Å². The molecule has 37 heavy (non-hydrogen) atoms. The summed E-state index contributed by atoms with van der Waals surface area (Å²) >= 11 is 0. The van der Waals surface area contributed by atoms with Gasteiger partial charge in [-0.15, -0.1) is 0 Å². The highest BCUT2D eigenvalue weighted by atomic mass is 31.2. The lowest BCUT2D eigenvalue weighted by Gasteiger charge is -2.21. The third-order valence-corrected chi connectivity index (χ3v) is 6.72. The Kier molecular flexibility index (Phi) is 7.72. The number of hydrogen-bond donors (Lipinski definition) is 5. The molecule has 19 heteroatoms. The van der Waals surface area contributed by atoms with Gasteiger partial charge >= 0.3 is 19.2 Å². The number of aromatic amines is 2. The minimum absolute atomic E-state index is 0.245. The predicted octanol–water partition coefficient (Wildman–Crippen LogP) is -2.20. The molecule has 4 rings (SSSR count). The van der Waals surface area contributed by atoms with Crippen LogP contribution in [0.4, 0.5) is 8.78 Å². The summed E-state index contributed by atoms with van der Waals surface area (Å²) in [6, 6.07) is 0. The van der Waals surface area contributed by atoms with Gasteiger partial charge in [0.2, 0.25) is 11.6 Å². The summed E-state index contributed by atoms with van der Waals surface area (Å²) in [5, 5.41) is 19.7. The molecule has 2 aliphatic heterocycles. The van der Waals surface area contributed by atoms with Crippen LogP contribution in [0.5, 0.6) is 0 Å². The lowest BCUT2D eigenvalue weighted by molar-refractivity contribution is -0.0578. The highest BCUT2D eigenvalue weighted by Crippen LogP contribution is 2.48. The molecule has 1 unspecified atom stereocenters. The Morgan fingerprint density at radius 3 is 2.03 bits per heavy atom. The summed E-state index contributed by atoms with van der Waals surface area (Å²) in [5.74, 6) is -2.56. The first-order valence-electron chi connectivity index (χ1n) is 10.7. The molecule has 0 spiro atoms. The zero-order valence-electron chi connectivity index (χ0n) is 18.6. The molecule has 2 aliphatic rings. The Morgan fingerprint density at radius 2 is 1.49 bits per heavy atom. The Morgan fingerprint density at radius 1 is 0.973 bits per heavy atom. The smallest absolute Gasteiger partial charge is 0.394 e. The van der Waals surface area contributed by atoms with Gasteiger partial charge in [0, 0.05) is 12.8 Å². The quantitative estimate of drug-likeness (QED) is 0.219. The molecule has 0 aliphatic carbocycles. The molecule has 0 radical (unpaired) electrons. The highest BCUT2D eigenvalue weighted by Gasteiger charge is 2.43. The average Bonchev–Trinajstić information content (AvgIpc) is 3.39. The number of nitrogens with one attached hydrogen (secondary N) is 2. The monoisotopic (exact) mass is 554 g/mol. The zero-order valence-corrected chi connectivity index (χ0v) is 19.5. The van der Waals surface area contributed by atoms with Crippen molar-refractivity contribution in [2.75, 3.05) is 13.2 Å². The topological polar surface area (TPSA) is 224 Å². The van der Waals surface area contributed by atoms with Crippen LogP contribution in [0.25, 0.3) is 0 Å². The van der Waals surface area contributed by atoms with Gasteiger partial charge in [0.15, 0.2) is 0 Å². The number of aliphatic hydroxyl groups is 2. The molecule has 2 aromatic heterocycles. The summed E-state index contributed by atoms with van der Waals surface area (Å²) in [6.45, 7) is -1.45. The minimum atomic E-state index is -4.91. The summed E-state index contributed by atoms with van der Waals surface area (Å²) in [7, 11) is -4.91. The first-order chi connectivity index (χ1) is 17.4. The standard InChI is InChI=1S/C18H21F2N4O12P/c19-7-3-23(17(29)21-15(7)27)13-1-9(26)12(35-13)6-33-37(31,32)36-10-2-14(34-11(10)5-25)24-4-8(20)16(28)22-18(24)30/h3-4,9-14,25-26H,1-2,5-6H2,(H,31,32)(H,21,27,29)(H,22,28,30)/t9-,10+,11-,12+,13+,14+/m0/s1. The van der Waals surface area contributed by atoms with E-state index in [4.69, 9.17) is 18.5 Å². The van der Waals surface area contributed by atoms with Crippen molar-refractivity contribution < 1.29 is 47.0 Å². The van der Waals surface area contributed by atoms with Gasteiger partial charge in [-0.1, -0.05) is 0 Å². The van der Waals surface area contributed by atoms with Crippen LogP contribution >= 0.6 is 7.82 Å². The van der Waals surface area contributed by atoms with Crippen molar-refractivity contribution in [2.45, 2.75) is 49.7 Å². The first kappa shape index (κ1) is 27.2. The molecule has 5 N–H and O–H groups in total. The molecular formula is C18H21F2N4O12P. The summed E-state index contributed by atoms with van der Waals surface area (Å²) in [4.78, 5) is 59.9. The van der Waals surface area contributed by atoms with Crippen molar-refractivity contribution in [3.8, 4) is 0 Å². The third kappa shape index (κ3) is 5.86. The van der Waals surface area contributed by atoms with E-state index in [9.17, 15) is 47.6 Å². The molecule has 4 heterocycles. The number of nitrogens with zero attached hydrogens (tertiary/aromatic N) is 2. The summed E-state index contributed by atoms with van der Waals surface area (Å²) in [5.41, 5.74) is -4.53. The Balaban J connectivity index is 1.39. The normalized spacial score (nSPS) is 29.4. The van der Waals surface area contributed by atoms with E-state index in [0.29, 0.717) is 21.5 Å². The minimum Gasteiger partial charge on any atom is -0.394 e. The van der Waals surface area contributed by atoms with Crippen LogP contribution < -0.4 is 22.5 Å². The fourth-order valence-electron chi connectivity index (χ4n) is 3.90. The number of halogens is 2. The van der Waals surface area contributed by atoms with Gasteiger partial charge in [0.1, 0.15) is 30.8 Å². The van der Waals surface area contributed by atoms with Crippen molar-refractivity contribution in [1.82, 2.24) is 19.1 Å². The van der Waals surface area contributed by atoms with Crippen LogP contribution in [0, 0.1) is 11.6 Å². The number of phosphoric ester groups is 1. The van der Waals surface area contributed by atoms with Crippen molar-refractivity contribution in [2.24, 2.45) is 0 Å². The van der Waals surface area contributed by atoms with E-state index >= 15 is 0 Å². The van der Waals surface area contributed by atoms with Crippen molar-refractivity contribution in [3.05, 3.63) is 65.7 Å². The van der Waals surface area contributed by atoms with Crippen molar-refractivity contribution in [1.29, 1.82) is 0 Å². The molecule has 0 amide bonds. The second kappa shape index (κ2) is 10.5. The second-order valence-electron chi connectivity index (χ2n) is 8.18. The number of rotatable bonds is 8. The molecule has 7 atom stereocenters. The summed E-state index contributed by atoms with van der Waals surface area (Å²) in [6.07, 6.45) is -7.04. The molecule has 2 aromatic rings. The number of phosphoric acid groups is 1. The molecule has 0 aromatic carbocycles. The van der Waals surface area contributed by atoms with Gasteiger partial charge in [0.25, 0.3) is 11.1 Å². The maximum atomic E-state index is 13.6. The number of ether oxygens (including phenoxy) is 2. The second-order valence-corrected chi connectivity index (χ2v) is 9.58. The number of aromatic nitrogens is 4. The summed E-state index contributed by atoms with van der Waals surface area (Å²) < 4.78 is 61.7. The number of H-pyrrole nitrogens is 2. The first-order valence-corrected chi connectivity index (χ1v) is 12.2. The average molecular weight is 554 g/mol. The van der Waals surface area contributed by atoms with Crippen molar-refractivity contribution >= 4 is 7.82 Å². The number of hydrogen-bond acceptors (Lipinski definition) is 11. The molecule has 0 saturated carbocycles. The van der Waals surface area contributed by atoms with E-state index in [1.165, 1.54) is 0 Å². The largest absolute Gasteiger partial charge is 0.472 e. The van der Waals surface area contributed by atoms with E-state index < -0.39 is 92.0 Å². The highest BCUT2D eigenvalue weighted by molar-refractivity contribution is 7.47. The SMILES string of the molecule is O=c1[nH]c(=O)n([C@H]2C[C@@H](OP(=O)(O)OC[C@H]3O[C@@H](n4cc(F)c(=O)[nH]c4=O)C[C@@H]3O)[C@H](CO)O2)cc1F. The molecular weight excluding hydrogens is 533 g/mol. The van der Waals surface area contributed by atoms with Crippen LogP contribution in [0.1, 0.15) is 25.3 Å². The van der Waals surface area contributed by atoms with Crippen LogP contribution in [0.3, 0.4) is 0 Å². The van der Waals surface area contributed by atoms with E-state index in [1.54, 1.807) is 9.97 Å². The Labute approximate surface area is 203 Å². The molecule has 0 bridgehead atoms. The maximum absolute atomic E-state index is 13.6. The predicted molar refractivity (Wildman–Crippen MR) is 113 cm³/mol. The fraction of sp³-hybridized carbons (Fsp3) is 0.556. The van der Waals surface area contributed by atoms with Gasteiger partial charge in [0.05, 0.1) is 31.7 Å².